The Balaban J connectivity index is 0.978. The minimum absolute atomic E-state index is 0.189. The molecular weight excluding hydrogens is 787 g/mol. The smallest absolute Gasteiger partial charge is 0.139 e. The van der Waals surface area contributed by atoms with E-state index in [4.69, 9.17) is 4.74 Å². The van der Waals surface area contributed by atoms with Crippen LogP contribution in [0.15, 0.2) is 200 Å². The molecule has 12 rings (SSSR count). The van der Waals surface area contributed by atoms with Gasteiger partial charge in [0.15, 0.2) is 0 Å². The second-order valence-electron chi connectivity index (χ2n) is 19.8. The maximum Gasteiger partial charge on any atom is 0.139 e. The Hall–Kier alpha value is -7.42. The van der Waals surface area contributed by atoms with Crippen LogP contribution in [0.4, 0.5) is 17.1 Å². The molecule has 0 radical (unpaired) electrons. The minimum Gasteiger partial charge on any atom is -0.456 e. The van der Waals surface area contributed by atoms with Crippen LogP contribution in [0.2, 0.25) is 0 Å². The quantitative estimate of drug-likeness (QED) is 0.165. The lowest BCUT2D eigenvalue weighted by Crippen LogP contribution is -2.24. The summed E-state index contributed by atoms with van der Waals surface area (Å²) in [5.41, 5.74) is 23.1. The summed E-state index contributed by atoms with van der Waals surface area (Å²) in [7, 11) is 0. The summed E-state index contributed by atoms with van der Waals surface area (Å²) in [6.45, 7) is 14.1. The molecule has 0 saturated carbocycles. The van der Waals surface area contributed by atoms with Crippen molar-refractivity contribution in [2.45, 2.75) is 57.8 Å². The third kappa shape index (κ3) is 6.00. The van der Waals surface area contributed by atoms with Gasteiger partial charge in [-0.25, -0.2) is 0 Å². The zero-order valence-electron chi connectivity index (χ0n) is 37.9. The molecule has 0 N–H and O–H groups in total. The second-order valence-corrected chi connectivity index (χ2v) is 19.8. The van der Waals surface area contributed by atoms with Crippen LogP contribution in [0.5, 0.6) is 11.5 Å². The van der Waals surface area contributed by atoms with Crippen molar-refractivity contribution >= 4 is 17.1 Å². The van der Waals surface area contributed by atoms with Crippen LogP contribution in [0, 0.1) is 0 Å². The molecule has 2 nitrogen and oxygen atoms in total. The van der Waals surface area contributed by atoms with Gasteiger partial charge in [-0.15, -0.1) is 0 Å². The molecule has 314 valence electrons. The minimum atomic E-state index is -0.197. The number of hydrogen-bond donors (Lipinski definition) is 0. The Kier molecular flexibility index (Phi) is 8.62. The number of ether oxygens (including phenoxy) is 1. The third-order valence-corrected chi connectivity index (χ3v) is 14.9. The zero-order valence-corrected chi connectivity index (χ0v) is 37.9. The molecule has 0 bridgehead atoms. The summed E-state index contributed by atoms with van der Waals surface area (Å²) in [6, 6.07) is 73.9. The normalized spacial score (nSPS) is 15.1. The Morgan fingerprint density at radius 3 is 1.25 bits per heavy atom. The summed E-state index contributed by atoms with van der Waals surface area (Å²) in [4.78, 5) is 2.46. The summed E-state index contributed by atoms with van der Waals surface area (Å²) < 4.78 is 6.75. The van der Waals surface area contributed by atoms with Gasteiger partial charge in [-0.1, -0.05) is 187 Å². The molecule has 1 heterocycles. The summed E-state index contributed by atoms with van der Waals surface area (Å²) in [5.74, 6) is 1.86. The van der Waals surface area contributed by atoms with Crippen LogP contribution in [-0.2, 0) is 16.2 Å². The molecule has 3 aliphatic rings. The fraction of sp³-hybridized carbons (Fsp3) is 0.143. The first-order valence-corrected chi connectivity index (χ1v) is 23.0. The standard InChI is InChI=1S/C63H51NO/c1-61(2)53-21-13-14-23-59(53)65-60-48(20-15-22-54(60)61)42-24-28-45(29-25-42)64(46-30-34-51-49-32-26-43(40-16-9-7-10-17-40)36-55(49)62(3,4)57(51)38-46)47-31-35-52-50-33-27-44(41-18-11-8-12-19-41)37-56(50)63(5,6)58(52)39-47/h7-39H,1-6H3. The van der Waals surface area contributed by atoms with E-state index in [-0.39, 0.29) is 16.2 Å². The van der Waals surface area contributed by atoms with Gasteiger partial charge in [0.25, 0.3) is 0 Å². The lowest BCUT2D eigenvalue weighted by Gasteiger charge is -2.35. The fourth-order valence-corrected chi connectivity index (χ4v) is 11.3. The summed E-state index contributed by atoms with van der Waals surface area (Å²) in [6.07, 6.45) is 0. The van der Waals surface area contributed by atoms with Gasteiger partial charge in [-0.05, 0) is 127 Å². The second kappa shape index (κ2) is 14.3. The number of anilines is 3. The first kappa shape index (κ1) is 39.2. The van der Waals surface area contributed by atoms with E-state index in [1.807, 2.05) is 0 Å². The maximum atomic E-state index is 6.75. The van der Waals surface area contributed by atoms with Crippen LogP contribution in [-0.4, -0.2) is 0 Å². The van der Waals surface area contributed by atoms with Gasteiger partial charge in [0, 0.05) is 50.0 Å². The van der Waals surface area contributed by atoms with Crippen LogP contribution in [0.1, 0.15) is 74.9 Å². The van der Waals surface area contributed by atoms with Gasteiger partial charge in [-0.2, -0.15) is 0 Å². The van der Waals surface area contributed by atoms with Crippen LogP contribution in [0.3, 0.4) is 0 Å². The van der Waals surface area contributed by atoms with Gasteiger partial charge in [0.05, 0.1) is 0 Å². The monoisotopic (exact) mass is 837 g/mol. The summed E-state index contributed by atoms with van der Waals surface area (Å²) >= 11 is 0. The number of para-hydroxylation sites is 2. The highest BCUT2D eigenvalue weighted by Crippen LogP contribution is 2.55. The molecule has 9 aromatic rings. The number of nitrogens with zero attached hydrogens (tertiary/aromatic N) is 1. The third-order valence-electron chi connectivity index (χ3n) is 14.9. The van der Waals surface area contributed by atoms with Gasteiger partial charge in [0.2, 0.25) is 0 Å². The van der Waals surface area contributed by atoms with E-state index < -0.39 is 0 Å². The Bertz CT molecular complexity index is 3200. The molecule has 65 heavy (non-hydrogen) atoms. The largest absolute Gasteiger partial charge is 0.456 e. The van der Waals surface area contributed by atoms with Crippen LogP contribution < -0.4 is 9.64 Å². The highest BCUT2D eigenvalue weighted by atomic mass is 16.5. The average molecular weight is 838 g/mol. The van der Waals surface area contributed by atoms with E-state index in [2.05, 4.69) is 247 Å². The first-order chi connectivity index (χ1) is 31.5. The lowest BCUT2D eigenvalue weighted by atomic mass is 9.75. The maximum absolute atomic E-state index is 6.75. The van der Waals surface area contributed by atoms with Gasteiger partial charge in [0.1, 0.15) is 11.5 Å². The molecule has 2 heteroatoms. The summed E-state index contributed by atoms with van der Waals surface area (Å²) in [5, 5.41) is 0. The van der Waals surface area contributed by atoms with E-state index >= 15 is 0 Å². The zero-order chi connectivity index (χ0) is 44.2. The highest BCUT2D eigenvalue weighted by Gasteiger charge is 2.39. The molecule has 0 spiro atoms. The van der Waals surface area contributed by atoms with Crippen molar-refractivity contribution in [3.63, 3.8) is 0 Å². The SMILES string of the molecule is CC1(C)c2cc(-c3ccccc3)ccc2-c2ccc(N(c3ccc(-c4cccc5c4Oc4ccccc4C5(C)C)cc3)c3ccc4c(c3)C(C)(C)c3cc(-c5ccccc5)ccc3-4)cc21. The number of hydrogen-bond acceptors (Lipinski definition) is 2. The molecule has 0 atom stereocenters. The molecule has 0 unspecified atom stereocenters. The van der Waals surface area contributed by atoms with E-state index in [1.165, 1.54) is 77.9 Å². The van der Waals surface area contributed by atoms with E-state index in [0.717, 1.165) is 39.7 Å². The average Bonchev–Trinajstić information content (AvgIpc) is 3.70. The van der Waals surface area contributed by atoms with Gasteiger partial charge >= 0.3 is 0 Å². The predicted molar refractivity (Wildman–Crippen MR) is 271 cm³/mol. The topological polar surface area (TPSA) is 12.5 Å². The molecule has 0 fully saturated rings. The highest BCUT2D eigenvalue weighted by molar-refractivity contribution is 5.90. The molecule has 0 aromatic heterocycles. The van der Waals surface area contributed by atoms with Gasteiger partial charge < -0.3 is 9.64 Å². The Morgan fingerprint density at radius 1 is 0.292 bits per heavy atom. The first-order valence-electron chi connectivity index (χ1n) is 23.0. The van der Waals surface area contributed by atoms with Crippen molar-refractivity contribution < 1.29 is 4.74 Å². The van der Waals surface area contributed by atoms with E-state index in [1.54, 1.807) is 0 Å². The Labute approximate surface area is 383 Å². The van der Waals surface area contributed by atoms with E-state index in [9.17, 15) is 0 Å². The van der Waals surface area contributed by atoms with Crippen molar-refractivity contribution in [3.05, 3.63) is 234 Å². The van der Waals surface area contributed by atoms with Crippen molar-refractivity contribution in [1.29, 1.82) is 0 Å². The lowest BCUT2D eigenvalue weighted by molar-refractivity contribution is 0.419. The van der Waals surface area contributed by atoms with Crippen molar-refractivity contribution in [1.82, 2.24) is 0 Å². The molecule has 9 aromatic carbocycles. The molecule has 0 amide bonds. The van der Waals surface area contributed by atoms with Crippen molar-refractivity contribution in [2.75, 3.05) is 4.90 Å². The molecular formula is C63H51NO. The fourth-order valence-electron chi connectivity index (χ4n) is 11.3. The molecule has 1 aliphatic heterocycles. The van der Waals surface area contributed by atoms with Gasteiger partial charge in [-0.3, -0.25) is 0 Å². The number of fused-ring (bicyclic) bond motifs is 8. The predicted octanol–water partition coefficient (Wildman–Crippen LogP) is 17.2. The number of rotatable bonds is 6. The van der Waals surface area contributed by atoms with Crippen LogP contribution >= 0.6 is 0 Å². The number of benzene rings is 9. The molecule has 0 saturated heterocycles. The van der Waals surface area contributed by atoms with Crippen molar-refractivity contribution in [3.8, 4) is 67.1 Å². The van der Waals surface area contributed by atoms with Crippen molar-refractivity contribution in [2.24, 2.45) is 0 Å². The van der Waals surface area contributed by atoms with E-state index in [0.29, 0.717) is 0 Å². The Morgan fingerprint density at radius 2 is 0.708 bits per heavy atom. The molecule has 2 aliphatic carbocycles. The van der Waals surface area contributed by atoms with Crippen LogP contribution in [0.25, 0.3) is 55.6 Å².